The van der Waals surface area contributed by atoms with Gasteiger partial charge in [-0.05, 0) is 25.5 Å². The van der Waals surface area contributed by atoms with E-state index in [2.05, 4.69) is 20.8 Å². The summed E-state index contributed by atoms with van der Waals surface area (Å²) in [6.07, 6.45) is 0.885. The number of anilines is 1. The SMILES string of the molecule is CC[C@H](C)NC(=O)Nc1cccc(-c2noc(C)n2)c1. The molecule has 0 fully saturated rings. The number of amides is 2. The maximum atomic E-state index is 11.8. The van der Waals surface area contributed by atoms with Crippen LogP contribution in [0.2, 0.25) is 0 Å². The molecule has 2 N–H and O–H groups in total. The Bertz CT molecular complexity index is 594. The molecule has 0 bridgehead atoms. The lowest BCUT2D eigenvalue weighted by atomic mass is 10.2. The minimum Gasteiger partial charge on any atom is -0.339 e. The lowest BCUT2D eigenvalue weighted by Crippen LogP contribution is -2.35. The summed E-state index contributed by atoms with van der Waals surface area (Å²) in [5, 5.41) is 9.48. The maximum Gasteiger partial charge on any atom is 0.319 e. The van der Waals surface area contributed by atoms with E-state index in [9.17, 15) is 4.79 Å². The molecule has 2 rings (SSSR count). The molecule has 6 heteroatoms. The van der Waals surface area contributed by atoms with E-state index in [-0.39, 0.29) is 12.1 Å². The third kappa shape index (κ3) is 3.57. The summed E-state index contributed by atoms with van der Waals surface area (Å²) < 4.78 is 4.95. The monoisotopic (exact) mass is 274 g/mol. The first-order chi connectivity index (χ1) is 9.58. The molecule has 0 saturated carbocycles. The molecule has 1 aromatic carbocycles. The van der Waals surface area contributed by atoms with Crippen LogP contribution in [0.3, 0.4) is 0 Å². The predicted molar refractivity (Wildman–Crippen MR) is 76.4 cm³/mol. The van der Waals surface area contributed by atoms with Crippen LogP contribution in [0.15, 0.2) is 28.8 Å². The summed E-state index contributed by atoms with van der Waals surface area (Å²) in [6.45, 7) is 5.71. The largest absolute Gasteiger partial charge is 0.339 e. The first-order valence-corrected chi connectivity index (χ1v) is 6.56. The maximum absolute atomic E-state index is 11.8. The number of carbonyl (C=O) groups is 1. The Balaban J connectivity index is 2.08. The summed E-state index contributed by atoms with van der Waals surface area (Å²) in [4.78, 5) is 15.9. The van der Waals surface area contributed by atoms with Gasteiger partial charge in [0.1, 0.15) is 0 Å². The zero-order valence-corrected chi connectivity index (χ0v) is 11.8. The van der Waals surface area contributed by atoms with Crippen LogP contribution in [-0.2, 0) is 0 Å². The van der Waals surface area contributed by atoms with Gasteiger partial charge >= 0.3 is 6.03 Å². The van der Waals surface area contributed by atoms with Crippen molar-refractivity contribution in [1.29, 1.82) is 0 Å². The third-order valence-corrected chi connectivity index (χ3v) is 2.90. The normalized spacial score (nSPS) is 11.9. The van der Waals surface area contributed by atoms with Crippen LogP contribution in [0.1, 0.15) is 26.2 Å². The van der Waals surface area contributed by atoms with Gasteiger partial charge in [-0.25, -0.2) is 4.79 Å². The zero-order chi connectivity index (χ0) is 14.5. The summed E-state index contributed by atoms with van der Waals surface area (Å²) >= 11 is 0. The van der Waals surface area contributed by atoms with Crippen molar-refractivity contribution in [3.05, 3.63) is 30.2 Å². The molecule has 1 heterocycles. The molecule has 2 aromatic rings. The van der Waals surface area contributed by atoms with Gasteiger partial charge < -0.3 is 15.2 Å². The highest BCUT2D eigenvalue weighted by Gasteiger charge is 2.08. The number of rotatable bonds is 4. The Hall–Kier alpha value is -2.37. The first kappa shape index (κ1) is 14.0. The van der Waals surface area contributed by atoms with Crippen LogP contribution in [0.4, 0.5) is 10.5 Å². The molecule has 0 aliphatic heterocycles. The van der Waals surface area contributed by atoms with Gasteiger partial charge in [0, 0.05) is 24.2 Å². The number of aromatic nitrogens is 2. The minimum absolute atomic E-state index is 0.137. The molecule has 0 saturated heterocycles. The van der Waals surface area contributed by atoms with Crippen LogP contribution in [0, 0.1) is 6.92 Å². The minimum atomic E-state index is -0.221. The Morgan fingerprint density at radius 3 is 2.90 bits per heavy atom. The smallest absolute Gasteiger partial charge is 0.319 e. The van der Waals surface area contributed by atoms with E-state index in [0.717, 1.165) is 12.0 Å². The van der Waals surface area contributed by atoms with Gasteiger partial charge in [0.15, 0.2) is 0 Å². The number of hydrogen-bond acceptors (Lipinski definition) is 4. The van der Waals surface area contributed by atoms with E-state index in [0.29, 0.717) is 17.4 Å². The summed E-state index contributed by atoms with van der Waals surface area (Å²) in [7, 11) is 0. The first-order valence-electron chi connectivity index (χ1n) is 6.56. The summed E-state index contributed by atoms with van der Waals surface area (Å²) in [6, 6.07) is 7.23. The highest BCUT2D eigenvalue weighted by Crippen LogP contribution is 2.19. The van der Waals surface area contributed by atoms with Crippen molar-refractivity contribution in [1.82, 2.24) is 15.5 Å². The molecule has 6 nitrogen and oxygen atoms in total. The number of nitrogens with zero attached hydrogens (tertiary/aromatic N) is 2. The van der Waals surface area contributed by atoms with Gasteiger partial charge in [-0.2, -0.15) is 4.98 Å². The second-order valence-electron chi connectivity index (χ2n) is 4.63. The molecular formula is C14H18N4O2. The lowest BCUT2D eigenvalue weighted by molar-refractivity contribution is 0.249. The van der Waals surface area contributed by atoms with Gasteiger partial charge in [-0.1, -0.05) is 24.2 Å². The molecule has 106 valence electrons. The van der Waals surface area contributed by atoms with Crippen LogP contribution in [0.25, 0.3) is 11.4 Å². The van der Waals surface area contributed by atoms with E-state index in [1.807, 2.05) is 32.0 Å². The quantitative estimate of drug-likeness (QED) is 0.898. The van der Waals surface area contributed by atoms with Crippen molar-refractivity contribution in [3.8, 4) is 11.4 Å². The molecule has 0 spiro atoms. The number of urea groups is 1. The van der Waals surface area contributed by atoms with Crippen molar-refractivity contribution in [3.63, 3.8) is 0 Å². The molecule has 1 aromatic heterocycles. The summed E-state index contributed by atoms with van der Waals surface area (Å²) in [5.74, 6) is 1.02. The second kappa shape index (κ2) is 6.18. The van der Waals surface area contributed by atoms with E-state index < -0.39 is 0 Å². The number of carbonyl (C=O) groups excluding carboxylic acids is 1. The molecule has 0 aliphatic carbocycles. The predicted octanol–water partition coefficient (Wildman–Crippen LogP) is 2.97. The van der Waals surface area contributed by atoms with E-state index in [1.165, 1.54) is 0 Å². The van der Waals surface area contributed by atoms with E-state index in [4.69, 9.17) is 4.52 Å². The fourth-order valence-electron chi connectivity index (χ4n) is 1.65. The van der Waals surface area contributed by atoms with Crippen LogP contribution in [0.5, 0.6) is 0 Å². The number of hydrogen-bond donors (Lipinski definition) is 2. The summed E-state index contributed by atoms with van der Waals surface area (Å²) in [5.41, 5.74) is 1.48. The third-order valence-electron chi connectivity index (χ3n) is 2.90. The van der Waals surface area contributed by atoms with Crippen molar-refractivity contribution in [2.45, 2.75) is 33.2 Å². The Labute approximate surface area is 117 Å². The van der Waals surface area contributed by atoms with E-state index in [1.54, 1.807) is 13.0 Å². The average molecular weight is 274 g/mol. The van der Waals surface area contributed by atoms with Crippen molar-refractivity contribution < 1.29 is 9.32 Å². The van der Waals surface area contributed by atoms with Gasteiger partial charge in [0.05, 0.1) is 0 Å². The number of benzene rings is 1. The molecule has 20 heavy (non-hydrogen) atoms. The Kier molecular flexibility index (Phi) is 4.34. The molecule has 0 radical (unpaired) electrons. The Morgan fingerprint density at radius 2 is 2.25 bits per heavy atom. The zero-order valence-electron chi connectivity index (χ0n) is 11.8. The van der Waals surface area contributed by atoms with Crippen molar-refractivity contribution in [2.75, 3.05) is 5.32 Å². The van der Waals surface area contributed by atoms with Crippen LogP contribution < -0.4 is 10.6 Å². The number of nitrogens with one attached hydrogen (secondary N) is 2. The number of aryl methyl sites for hydroxylation is 1. The van der Waals surface area contributed by atoms with Gasteiger partial charge in [-0.3, -0.25) is 0 Å². The van der Waals surface area contributed by atoms with Gasteiger partial charge in [0.2, 0.25) is 11.7 Å². The van der Waals surface area contributed by atoms with Gasteiger partial charge in [0.25, 0.3) is 0 Å². The fraction of sp³-hybridized carbons (Fsp3) is 0.357. The molecule has 2 amide bonds. The van der Waals surface area contributed by atoms with E-state index >= 15 is 0 Å². The van der Waals surface area contributed by atoms with Gasteiger partial charge in [-0.15, -0.1) is 0 Å². The molecular weight excluding hydrogens is 256 g/mol. The standard InChI is InChI=1S/C14H18N4O2/c1-4-9(2)15-14(19)17-12-7-5-6-11(8-12)13-16-10(3)20-18-13/h5-9H,4H2,1-3H3,(H2,15,17,19)/t9-/m0/s1. The van der Waals surface area contributed by atoms with Crippen LogP contribution in [-0.4, -0.2) is 22.2 Å². The molecule has 0 unspecified atom stereocenters. The van der Waals surface area contributed by atoms with Crippen molar-refractivity contribution in [2.24, 2.45) is 0 Å². The highest BCUT2D eigenvalue weighted by atomic mass is 16.5. The second-order valence-corrected chi connectivity index (χ2v) is 4.63. The van der Waals surface area contributed by atoms with Crippen LogP contribution >= 0.6 is 0 Å². The van der Waals surface area contributed by atoms with Crippen molar-refractivity contribution >= 4 is 11.7 Å². The topological polar surface area (TPSA) is 80.0 Å². The fourth-order valence-corrected chi connectivity index (χ4v) is 1.65. The molecule has 1 atom stereocenters. The highest BCUT2D eigenvalue weighted by molar-refractivity contribution is 5.90. The lowest BCUT2D eigenvalue weighted by Gasteiger charge is -2.12. The molecule has 0 aliphatic rings. The Morgan fingerprint density at radius 1 is 1.45 bits per heavy atom. The average Bonchev–Trinajstić information content (AvgIpc) is 2.85.